The molecule has 16 heavy (non-hydrogen) atoms. The van der Waals surface area contributed by atoms with Crippen LogP contribution in [0, 0.1) is 23.4 Å². The Hall–Kier alpha value is -0.740. The highest BCUT2D eigenvalue weighted by atomic mass is 35.5. The SMILES string of the molecule is Cl.N[C@@H](CC1CC1)c1cc(F)c(F)cc1F. The van der Waals surface area contributed by atoms with Gasteiger partial charge in [0, 0.05) is 17.7 Å². The van der Waals surface area contributed by atoms with Crippen molar-refractivity contribution >= 4 is 12.4 Å². The number of halogens is 4. The van der Waals surface area contributed by atoms with Gasteiger partial charge in [0.1, 0.15) is 5.82 Å². The van der Waals surface area contributed by atoms with Crippen molar-refractivity contribution in [2.75, 3.05) is 0 Å². The van der Waals surface area contributed by atoms with E-state index in [0.717, 1.165) is 18.9 Å². The summed E-state index contributed by atoms with van der Waals surface area (Å²) in [6.07, 6.45) is 2.83. The van der Waals surface area contributed by atoms with Gasteiger partial charge in [0.25, 0.3) is 0 Å². The number of rotatable bonds is 3. The van der Waals surface area contributed by atoms with E-state index in [4.69, 9.17) is 5.73 Å². The van der Waals surface area contributed by atoms with Crippen molar-refractivity contribution in [3.63, 3.8) is 0 Å². The van der Waals surface area contributed by atoms with E-state index in [-0.39, 0.29) is 18.0 Å². The fourth-order valence-electron chi connectivity index (χ4n) is 1.66. The van der Waals surface area contributed by atoms with Crippen LogP contribution >= 0.6 is 12.4 Å². The van der Waals surface area contributed by atoms with Gasteiger partial charge in [-0.2, -0.15) is 0 Å². The van der Waals surface area contributed by atoms with E-state index < -0.39 is 23.5 Å². The van der Waals surface area contributed by atoms with Crippen LogP contribution in [0.25, 0.3) is 0 Å². The Bertz CT molecular complexity index is 380. The summed E-state index contributed by atoms with van der Waals surface area (Å²) in [6.45, 7) is 0. The minimum atomic E-state index is -1.17. The second-order valence-corrected chi connectivity index (χ2v) is 4.07. The van der Waals surface area contributed by atoms with E-state index in [2.05, 4.69) is 0 Å². The Morgan fingerprint density at radius 1 is 1.12 bits per heavy atom. The van der Waals surface area contributed by atoms with E-state index >= 15 is 0 Å². The van der Waals surface area contributed by atoms with Crippen molar-refractivity contribution in [2.24, 2.45) is 11.7 Å². The van der Waals surface area contributed by atoms with Crippen LogP contribution in [0.2, 0.25) is 0 Å². The first-order valence-corrected chi connectivity index (χ1v) is 4.98. The number of nitrogens with two attached hydrogens (primary N) is 1. The molecular weight excluding hydrogens is 239 g/mol. The first-order chi connectivity index (χ1) is 7.08. The lowest BCUT2D eigenvalue weighted by atomic mass is 10.0. The molecule has 1 saturated carbocycles. The predicted octanol–water partition coefficient (Wildman–Crippen LogP) is 3.33. The topological polar surface area (TPSA) is 26.0 Å². The van der Waals surface area contributed by atoms with Gasteiger partial charge in [0.2, 0.25) is 0 Å². The van der Waals surface area contributed by atoms with Crippen LogP contribution in [-0.4, -0.2) is 0 Å². The highest BCUT2D eigenvalue weighted by Gasteiger charge is 2.26. The van der Waals surface area contributed by atoms with Crippen molar-refractivity contribution in [2.45, 2.75) is 25.3 Å². The van der Waals surface area contributed by atoms with Gasteiger partial charge < -0.3 is 5.73 Å². The maximum absolute atomic E-state index is 13.3. The second kappa shape index (κ2) is 5.06. The van der Waals surface area contributed by atoms with E-state index in [1.54, 1.807) is 0 Å². The van der Waals surface area contributed by atoms with Crippen molar-refractivity contribution in [1.82, 2.24) is 0 Å². The molecule has 0 unspecified atom stereocenters. The van der Waals surface area contributed by atoms with Crippen molar-refractivity contribution in [3.8, 4) is 0 Å². The maximum atomic E-state index is 13.3. The van der Waals surface area contributed by atoms with Gasteiger partial charge in [-0.25, -0.2) is 13.2 Å². The van der Waals surface area contributed by atoms with Crippen LogP contribution < -0.4 is 5.73 Å². The van der Waals surface area contributed by atoms with Crippen LogP contribution in [0.5, 0.6) is 0 Å². The molecule has 1 aliphatic rings. The molecule has 1 atom stereocenters. The zero-order valence-corrected chi connectivity index (χ0v) is 9.37. The molecule has 0 aliphatic heterocycles. The molecule has 1 aliphatic carbocycles. The lowest BCUT2D eigenvalue weighted by molar-refractivity contribution is 0.478. The molecule has 1 fully saturated rings. The average molecular weight is 252 g/mol. The standard InChI is InChI=1S/C11H12F3N.ClH/c12-8-5-10(14)9(13)4-7(8)11(15)3-6-1-2-6;/h4-6,11H,1-3,15H2;1H/t11-;/m0./s1. The molecule has 90 valence electrons. The molecule has 0 aromatic heterocycles. The Kier molecular flexibility index (Phi) is 4.21. The number of benzene rings is 1. The highest BCUT2D eigenvalue weighted by molar-refractivity contribution is 5.85. The van der Waals surface area contributed by atoms with Crippen LogP contribution in [0.4, 0.5) is 13.2 Å². The summed E-state index contributed by atoms with van der Waals surface area (Å²) < 4.78 is 38.8. The molecule has 5 heteroatoms. The molecule has 0 radical (unpaired) electrons. The monoisotopic (exact) mass is 251 g/mol. The first-order valence-electron chi connectivity index (χ1n) is 4.98. The van der Waals surface area contributed by atoms with Gasteiger partial charge in [-0.15, -0.1) is 12.4 Å². The van der Waals surface area contributed by atoms with Crippen LogP contribution in [0.3, 0.4) is 0 Å². The van der Waals surface area contributed by atoms with Crippen LogP contribution in [0.1, 0.15) is 30.9 Å². The quantitative estimate of drug-likeness (QED) is 0.820. The number of hydrogen-bond acceptors (Lipinski definition) is 1. The summed E-state index contributed by atoms with van der Waals surface area (Å²) in [4.78, 5) is 0. The fourth-order valence-corrected chi connectivity index (χ4v) is 1.66. The summed E-state index contributed by atoms with van der Waals surface area (Å²) in [5.74, 6) is -2.46. The van der Waals surface area contributed by atoms with Gasteiger partial charge in [0.15, 0.2) is 11.6 Å². The van der Waals surface area contributed by atoms with E-state index in [9.17, 15) is 13.2 Å². The molecule has 1 aromatic carbocycles. The van der Waals surface area contributed by atoms with Gasteiger partial charge in [-0.1, -0.05) is 12.8 Å². The molecular formula is C11H13ClF3N. The fraction of sp³-hybridized carbons (Fsp3) is 0.455. The van der Waals surface area contributed by atoms with Crippen LogP contribution in [-0.2, 0) is 0 Å². The normalized spacial score (nSPS) is 16.8. The van der Waals surface area contributed by atoms with Gasteiger partial charge in [-0.05, 0) is 18.4 Å². The number of hydrogen-bond donors (Lipinski definition) is 1. The second-order valence-electron chi connectivity index (χ2n) is 4.07. The summed E-state index contributed by atoms with van der Waals surface area (Å²) in [7, 11) is 0. The average Bonchev–Trinajstić information content (AvgIpc) is 2.95. The smallest absolute Gasteiger partial charge is 0.161 e. The van der Waals surface area contributed by atoms with Gasteiger partial charge >= 0.3 is 0 Å². The molecule has 0 bridgehead atoms. The third-order valence-electron chi connectivity index (χ3n) is 2.72. The van der Waals surface area contributed by atoms with Crippen molar-refractivity contribution < 1.29 is 13.2 Å². The summed E-state index contributed by atoms with van der Waals surface area (Å²) in [5.41, 5.74) is 5.80. The molecule has 1 aromatic rings. The first kappa shape index (κ1) is 13.3. The Morgan fingerprint density at radius 2 is 1.69 bits per heavy atom. The zero-order chi connectivity index (χ0) is 11.0. The molecule has 2 rings (SSSR count). The van der Waals surface area contributed by atoms with E-state index in [1.165, 1.54) is 0 Å². The zero-order valence-electron chi connectivity index (χ0n) is 8.55. The Labute approximate surface area is 98.2 Å². The predicted molar refractivity (Wildman–Crippen MR) is 57.8 cm³/mol. The highest BCUT2D eigenvalue weighted by Crippen LogP contribution is 2.37. The van der Waals surface area contributed by atoms with Crippen LogP contribution in [0.15, 0.2) is 12.1 Å². The summed E-state index contributed by atoms with van der Waals surface area (Å²) in [6, 6.07) is 0.877. The molecule has 0 amide bonds. The lowest BCUT2D eigenvalue weighted by Crippen LogP contribution is -2.13. The maximum Gasteiger partial charge on any atom is 0.161 e. The summed E-state index contributed by atoms with van der Waals surface area (Å²) >= 11 is 0. The molecule has 1 nitrogen and oxygen atoms in total. The van der Waals surface area contributed by atoms with Gasteiger partial charge in [-0.3, -0.25) is 0 Å². The summed E-state index contributed by atoms with van der Waals surface area (Å²) in [5, 5.41) is 0. The Morgan fingerprint density at radius 3 is 2.25 bits per heavy atom. The molecule has 0 saturated heterocycles. The lowest BCUT2D eigenvalue weighted by Gasteiger charge is -2.12. The molecule has 0 heterocycles. The third-order valence-corrected chi connectivity index (χ3v) is 2.72. The molecule has 0 spiro atoms. The van der Waals surface area contributed by atoms with E-state index in [1.807, 2.05) is 0 Å². The van der Waals surface area contributed by atoms with Gasteiger partial charge in [0.05, 0.1) is 0 Å². The largest absolute Gasteiger partial charge is 0.324 e. The van der Waals surface area contributed by atoms with E-state index in [0.29, 0.717) is 18.4 Å². The minimum absolute atomic E-state index is 0. The minimum Gasteiger partial charge on any atom is -0.324 e. The third kappa shape index (κ3) is 2.89. The van der Waals surface area contributed by atoms with Crippen molar-refractivity contribution in [1.29, 1.82) is 0 Å². The van der Waals surface area contributed by atoms with Crippen molar-refractivity contribution in [3.05, 3.63) is 35.1 Å². The Balaban J connectivity index is 0.00000128. The molecule has 2 N–H and O–H groups in total.